The summed E-state index contributed by atoms with van der Waals surface area (Å²) in [5.41, 5.74) is 1.87. The molecule has 212 valence electrons. The van der Waals surface area contributed by atoms with Crippen LogP contribution < -0.4 is 9.87 Å². The van der Waals surface area contributed by atoms with E-state index in [4.69, 9.17) is 11.6 Å². The predicted molar refractivity (Wildman–Crippen MR) is 149 cm³/mol. The zero-order valence-electron chi connectivity index (χ0n) is 21.5. The molecule has 1 aliphatic rings. The van der Waals surface area contributed by atoms with Crippen LogP contribution in [0.3, 0.4) is 0 Å². The number of nitrogens with two attached hydrogens (primary N) is 1. The van der Waals surface area contributed by atoms with E-state index < -0.39 is 37.7 Å². The Morgan fingerprint density at radius 1 is 1.15 bits per heavy atom. The third kappa shape index (κ3) is 5.91. The molecule has 5 rings (SSSR count). The van der Waals surface area contributed by atoms with Gasteiger partial charge in [0.05, 0.1) is 11.3 Å². The first-order valence-electron chi connectivity index (χ1n) is 12.4. The van der Waals surface area contributed by atoms with Crippen LogP contribution in [0.5, 0.6) is 0 Å². The molecule has 1 aliphatic heterocycles. The van der Waals surface area contributed by atoms with Crippen LogP contribution in [0.25, 0.3) is 22.2 Å². The molecule has 1 fully saturated rings. The van der Waals surface area contributed by atoms with Gasteiger partial charge in [-0.25, -0.2) is 31.9 Å². The van der Waals surface area contributed by atoms with Crippen molar-refractivity contribution in [2.24, 2.45) is 5.14 Å². The van der Waals surface area contributed by atoms with Crippen molar-refractivity contribution in [2.45, 2.75) is 17.5 Å². The van der Waals surface area contributed by atoms with Gasteiger partial charge in [0.15, 0.2) is 6.20 Å². The Balaban J connectivity index is 1.40. The van der Waals surface area contributed by atoms with Crippen molar-refractivity contribution in [2.75, 3.05) is 25.4 Å². The van der Waals surface area contributed by atoms with Gasteiger partial charge in [0.1, 0.15) is 5.03 Å². The van der Waals surface area contributed by atoms with E-state index in [-0.39, 0.29) is 36.9 Å². The van der Waals surface area contributed by atoms with Gasteiger partial charge in [-0.3, -0.25) is 4.79 Å². The molecule has 0 aliphatic carbocycles. The maximum absolute atomic E-state index is 13.6. The third-order valence-corrected chi connectivity index (χ3v) is 9.38. The number of primary sulfonamides is 1. The number of terminal acetylenes is 1. The second-order valence-corrected chi connectivity index (χ2v) is 13.1. The zero-order chi connectivity index (χ0) is 29.4. The highest BCUT2D eigenvalue weighted by Gasteiger charge is 2.38. The molecule has 0 radical (unpaired) electrons. The molecule has 15 heteroatoms. The molecule has 4 heterocycles. The van der Waals surface area contributed by atoms with Gasteiger partial charge < -0.3 is 15.1 Å². The molecular formula is C26H25N7O6S2. The normalized spacial score (nSPS) is 16.5. The molecule has 41 heavy (non-hydrogen) atoms. The van der Waals surface area contributed by atoms with Crippen molar-refractivity contribution in [3.8, 4) is 23.6 Å². The minimum Gasteiger partial charge on any atom is -0.618 e. The van der Waals surface area contributed by atoms with E-state index in [1.807, 2.05) is 0 Å². The number of carbonyl (C=O) groups is 1. The van der Waals surface area contributed by atoms with E-state index in [1.54, 1.807) is 36.4 Å². The lowest BCUT2D eigenvalue weighted by Gasteiger charge is -2.40. The Morgan fingerprint density at radius 2 is 1.90 bits per heavy atom. The summed E-state index contributed by atoms with van der Waals surface area (Å²) in [7, 11) is -7.94. The van der Waals surface area contributed by atoms with Crippen LogP contribution in [-0.2, 0) is 20.0 Å². The van der Waals surface area contributed by atoms with E-state index >= 15 is 0 Å². The molecule has 1 atom stereocenters. The summed E-state index contributed by atoms with van der Waals surface area (Å²) < 4.78 is 52.4. The standard InChI is InChI=1S/C26H25N7O6S2/c1-2-18-6-7-22-19(13-18)14-24(30-22)41(38,39)31-10-11-32(21(17-31)8-12-40(27,36)37)26(34)25-28-15-20(16-29-25)23-5-3-4-9-33(23)35/h1,3-7,9,13-16,21,30H,8,10-12,17H2,(H2,27,36,37). The van der Waals surface area contributed by atoms with Gasteiger partial charge in [0, 0.05) is 66.7 Å². The van der Waals surface area contributed by atoms with Crippen LogP contribution in [0.1, 0.15) is 22.6 Å². The van der Waals surface area contributed by atoms with Gasteiger partial charge in [-0.05, 0) is 36.8 Å². The van der Waals surface area contributed by atoms with E-state index in [9.17, 15) is 26.8 Å². The van der Waals surface area contributed by atoms with Gasteiger partial charge in [0.25, 0.3) is 15.9 Å². The number of sulfonamides is 2. The quantitative estimate of drug-likeness (QED) is 0.175. The number of nitrogens with zero attached hydrogens (tertiary/aromatic N) is 5. The second-order valence-electron chi connectivity index (χ2n) is 9.46. The number of aromatic amines is 1. The fourth-order valence-electron chi connectivity index (χ4n) is 4.68. The largest absolute Gasteiger partial charge is 0.618 e. The van der Waals surface area contributed by atoms with Gasteiger partial charge in [-0.2, -0.15) is 9.04 Å². The van der Waals surface area contributed by atoms with Crippen LogP contribution in [-0.4, -0.2) is 78.3 Å². The summed E-state index contributed by atoms with van der Waals surface area (Å²) in [6, 6.07) is 10.6. The molecule has 4 aromatic rings. The number of nitrogens with one attached hydrogen (secondary N) is 1. The average Bonchev–Trinajstić information content (AvgIpc) is 3.40. The molecule has 1 saturated heterocycles. The summed E-state index contributed by atoms with van der Waals surface area (Å²) >= 11 is 0. The molecule has 0 saturated carbocycles. The summed E-state index contributed by atoms with van der Waals surface area (Å²) in [6.07, 6.45) is 9.35. The molecule has 1 amide bonds. The van der Waals surface area contributed by atoms with Crippen LogP contribution in [0.2, 0.25) is 0 Å². The number of carbonyl (C=O) groups excluding carboxylic acids is 1. The lowest BCUT2D eigenvalue weighted by molar-refractivity contribution is -0.593. The number of piperazine rings is 1. The fraction of sp³-hybridized carbons (Fsp3) is 0.231. The minimum atomic E-state index is -4.04. The predicted octanol–water partition coefficient (Wildman–Crippen LogP) is 0.434. The van der Waals surface area contributed by atoms with Crippen molar-refractivity contribution in [1.29, 1.82) is 0 Å². The van der Waals surface area contributed by atoms with E-state index in [2.05, 4.69) is 20.9 Å². The minimum absolute atomic E-state index is 0.0425. The first-order chi connectivity index (χ1) is 19.5. The summed E-state index contributed by atoms with van der Waals surface area (Å²) in [6.45, 7) is -0.269. The Bertz CT molecular complexity index is 1880. The van der Waals surface area contributed by atoms with Gasteiger partial charge in [-0.1, -0.05) is 5.92 Å². The molecular weight excluding hydrogens is 570 g/mol. The zero-order valence-corrected chi connectivity index (χ0v) is 23.2. The van der Waals surface area contributed by atoms with Gasteiger partial charge >= 0.3 is 0 Å². The molecule has 1 aromatic carbocycles. The smallest absolute Gasteiger partial charge is 0.291 e. The Kier molecular flexibility index (Phi) is 7.49. The van der Waals surface area contributed by atoms with Crippen molar-refractivity contribution in [3.05, 3.63) is 77.7 Å². The fourth-order valence-corrected chi connectivity index (χ4v) is 6.77. The molecule has 3 N–H and O–H groups in total. The van der Waals surface area contributed by atoms with Crippen LogP contribution in [0.4, 0.5) is 0 Å². The van der Waals surface area contributed by atoms with Crippen LogP contribution >= 0.6 is 0 Å². The van der Waals surface area contributed by atoms with Crippen molar-refractivity contribution < 1.29 is 26.4 Å². The number of hydrogen-bond acceptors (Lipinski definition) is 8. The molecule has 1 unspecified atom stereocenters. The van der Waals surface area contributed by atoms with Crippen LogP contribution in [0, 0.1) is 17.6 Å². The topological polar surface area (TPSA) is 186 Å². The molecule has 0 spiro atoms. The Labute approximate surface area is 236 Å². The first kappa shape index (κ1) is 28.2. The van der Waals surface area contributed by atoms with E-state index in [0.29, 0.717) is 32.5 Å². The summed E-state index contributed by atoms with van der Waals surface area (Å²) in [5, 5.41) is 17.8. The second kappa shape index (κ2) is 10.9. The number of aromatic nitrogens is 4. The lowest BCUT2D eigenvalue weighted by atomic mass is 10.1. The first-order valence-corrected chi connectivity index (χ1v) is 15.5. The van der Waals surface area contributed by atoms with Crippen LogP contribution in [0.15, 0.2) is 66.1 Å². The average molecular weight is 596 g/mol. The highest BCUT2D eigenvalue weighted by molar-refractivity contribution is 7.89. The van der Waals surface area contributed by atoms with Crippen molar-refractivity contribution in [1.82, 2.24) is 24.2 Å². The lowest BCUT2D eigenvalue weighted by Crippen LogP contribution is -2.57. The number of rotatable bonds is 7. The summed E-state index contributed by atoms with van der Waals surface area (Å²) in [4.78, 5) is 25.9. The van der Waals surface area contributed by atoms with Gasteiger partial charge in [-0.15, -0.1) is 6.42 Å². The highest BCUT2D eigenvalue weighted by atomic mass is 32.2. The van der Waals surface area contributed by atoms with E-state index in [0.717, 1.165) is 0 Å². The molecule has 13 nitrogen and oxygen atoms in total. The van der Waals surface area contributed by atoms with E-state index in [1.165, 1.54) is 33.9 Å². The number of amides is 1. The number of benzene rings is 1. The van der Waals surface area contributed by atoms with Crippen molar-refractivity contribution >= 4 is 36.9 Å². The van der Waals surface area contributed by atoms with Gasteiger partial charge in [0.2, 0.25) is 21.5 Å². The third-order valence-electron chi connectivity index (χ3n) is 6.79. The Morgan fingerprint density at radius 3 is 2.59 bits per heavy atom. The molecule has 0 bridgehead atoms. The Hall–Kier alpha value is -4.36. The SMILES string of the molecule is C#Cc1ccc2[nH]c(S(=O)(=O)N3CCN(C(=O)c4ncc(-c5cccc[n+]5[O-])cn4)C(CCS(N)(=O)=O)C3)cc2c1. The highest BCUT2D eigenvalue weighted by Crippen LogP contribution is 2.26. The molecule has 3 aromatic heterocycles. The maximum atomic E-state index is 13.6. The maximum Gasteiger partial charge on any atom is 0.291 e. The number of H-pyrrole nitrogens is 1. The summed E-state index contributed by atoms with van der Waals surface area (Å²) in [5.74, 6) is 1.26. The van der Waals surface area contributed by atoms with Crippen molar-refractivity contribution in [3.63, 3.8) is 0 Å². The number of fused-ring (bicyclic) bond motifs is 1. The number of pyridine rings is 1. The monoisotopic (exact) mass is 595 g/mol. The number of hydrogen-bond donors (Lipinski definition) is 2.